The van der Waals surface area contributed by atoms with Crippen molar-refractivity contribution in [2.45, 2.75) is 0 Å². The summed E-state index contributed by atoms with van der Waals surface area (Å²) in [6.07, 6.45) is 0. The number of rotatable bonds is 7. The van der Waals surface area contributed by atoms with Gasteiger partial charge < -0.3 is 20.5 Å². The molecule has 0 saturated carbocycles. The van der Waals surface area contributed by atoms with Crippen LogP contribution in [0.5, 0.6) is 0 Å². The van der Waals surface area contributed by atoms with Crippen LogP contribution in [0.1, 0.15) is 10.4 Å². The fourth-order valence-corrected chi connectivity index (χ4v) is 1.68. The van der Waals surface area contributed by atoms with Gasteiger partial charge in [-0.1, -0.05) is 0 Å². The number of nitro benzene ring substituents is 1. The van der Waals surface area contributed by atoms with Gasteiger partial charge in [0.25, 0.3) is 11.6 Å². The quantitative estimate of drug-likeness (QED) is 0.295. The Balaban J connectivity index is 3.08. The molecule has 9 nitrogen and oxygen atoms in total. The molecule has 9 heteroatoms. The van der Waals surface area contributed by atoms with E-state index in [1.54, 1.807) is 0 Å². The van der Waals surface area contributed by atoms with Gasteiger partial charge in [0.1, 0.15) is 5.69 Å². The molecule has 0 aliphatic rings. The van der Waals surface area contributed by atoms with Gasteiger partial charge in [0.15, 0.2) is 0 Å². The third kappa shape index (κ3) is 3.63. The highest BCUT2D eigenvalue weighted by molar-refractivity contribution is 5.95. The van der Waals surface area contributed by atoms with Crippen LogP contribution in [-0.4, -0.2) is 52.2 Å². The number of hydrogen-bond donors (Lipinski definition) is 4. The number of hydrazine groups is 1. The molecule has 0 heterocycles. The zero-order chi connectivity index (χ0) is 15.1. The number of nitrogens with one attached hydrogen (secondary N) is 1. The first-order valence-corrected chi connectivity index (χ1v) is 5.81. The molecule has 0 saturated heterocycles. The number of nitrogen functional groups attached to an aromatic ring is 1. The highest BCUT2D eigenvalue weighted by atomic mass is 16.6. The molecule has 1 rings (SSSR count). The summed E-state index contributed by atoms with van der Waals surface area (Å²) in [6, 6.07) is 3.80. The minimum atomic E-state index is -0.658. The lowest BCUT2D eigenvalue weighted by Gasteiger charge is -2.20. The van der Waals surface area contributed by atoms with Gasteiger partial charge in [-0.25, -0.2) is 0 Å². The zero-order valence-electron chi connectivity index (χ0n) is 10.7. The van der Waals surface area contributed by atoms with E-state index in [2.05, 4.69) is 5.43 Å². The molecule has 0 bridgehead atoms. The Bertz CT molecular complexity index is 488. The van der Waals surface area contributed by atoms with Gasteiger partial charge in [0.2, 0.25) is 0 Å². The molecule has 1 aromatic rings. The molecule has 20 heavy (non-hydrogen) atoms. The molecule has 0 spiro atoms. The van der Waals surface area contributed by atoms with E-state index in [4.69, 9.17) is 16.1 Å². The maximum absolute atomic E-state index is 12.1. The zero-order valence-corrected chi connectivity index (χ0v) is 10.7. The molecule has 1 amide bonds. The van der Waals surface area contributed by atoms with E-state index in [-0.39, 0.29) is 43.2 Å². The number of benzene rings is 1. The summed E-state index contributed by atoms with van der Waals surface area (Å²) in [5.41, 5.74) is 2.02. The molecule has 0 atom stereocenters. The monoisotopic (exact) mass is 284 g/mol. The van der Waals surface area contributed by atoms with Gasteiger partial charge in [0.05, 0.1) is 18.1 Å². The number of carbonyl (C=O) groups is 1. The van der Waals surface area contributed by atoms with Crippen LogP contribution in [-0.2, 0) is 0 Å². The van der Waals surface area contributed by atoms with Crippen molar-refractivity contribution >= 4 is 17.3 Å². The van der Waals surface area contributed by atoms with Gasteiger partial charge in [-0.3, -0.25) is 20.8 Å². The highest BCUT2D eigenvalue weighted by Crippen LogP contribution is 2.25. The van der Waals surface area contributed by atoms with Crippen molar-refractivity contribution in [2.75, 3.05) is 31.7 Å². The number of nitro groups is 1. The average molecular weight is 284 g/mol. The number of nitrogens with two attached hydrogens (primary N) is 1. The van der Waals surface area contributed by atoms with Crippen molar-refractivity contribution in [1.29, 1.82) is 0 Å². The maximum atomic E-state index is 12.1. The summed E-state index contributed by atoms with van der Waals surface area (Å²) < 4.78 is 0. The lowest BCUT2D eigenvalue weighted by atomic mass is 10.1. The predicted molar refractivity (Wildman–Crippen MR) is 71.0 cm³/mol. The Hall–Kier alpha value is -2.23. The Kier molecular flexibility index (Phi) is 5.84. The SMILES string of the molecule is NNc1ccc(C(=O)N(CCO)CCO)cc1[N+](=O)[O-]. The smallest absolute Gasteiger partial charge is 0.294 e. The van der Waals surface area contributed by atoms with E-state index >= 15 is 0 Å². The number of carbonyl (C=O) groups excluding carboxylic acids is 1. The van der Waals surface area contributed by atoms with Gasteiger partial charge in [0, 0.05) is 24.7 Å². The number of nitrogens with zero attached hydrogens (tertiary/aromatic N) is 2. The standard InChI is InChI=1S/C11H16N4O5/c12-13-9-2-1-8(7-10(9)15(19)20)11(18)14(3-5-16)4-6-17/h1-2,7,13,16-17H,3-6,12H2. The van der Waals surface area contributed by atoms with Crippen molar-refractivity contribution in [2.24, 2.45) is 5.84 Å². The van der Waals surface area contributed by atoms with Crippen LogP contribution >= 0.6 is 0 Å². The third-order valence-electron chi connectivity index (χ3n) is 2.62. The van der Waals surface area contributed by atoms with Crippen molar-refractivity contribution in [3.63, 3.8) is 0 Å². The summed E-state index contributed by atoms with van der Waals surface area (Å²) >= 11 is 0. The third-order valence-corrected chi connectivity index (χ3v) is 2.62. The molecule has 1 aromatic carbocycles. The second kappa shape index (κ2) is 7.38. The van der Waals surface area contributed by atoms with Crippen LogP contribution in [0.2, 0.25) is 0 Å². The minimum Gasteiger partial charge on any atom is -0.395 e. The summed E-state index contributed by atoms with van der Waals surface area (Å²) in [7, 11) is 0. The van der Waals surface area contributed by atoms with E-state index in [0.717, 1.165) is 6.07 Å². The Morgan fingerprint density at radius 2 is 1.95 bits per heavy atom. The Morgan fingerprint density at radius 3 is 2.40 bits per heavy atom. The number of hydrogen-bond acceptors (Lipinski definition) is 7. The molecule has 110 valence electrons. The first-order chi connectivity index (χ1) is 9.54. The summed E-state index contributed by atoms with van der Waals surface area (Å²) in [4.78, 5) is 23.6. The molecular formula is C11H16N4O5. The lowest BCUT2D eigenvalue weighted by Crippen LogP contribution is -2.35. The van der Waals surface area contributed by atoms with Gasteiger partial charge in [-0.05, 0) is 12.1 Å². The fraction of sp³-hybridized carbons (Fsp3) is 0.364. The average Bonchev–Trinajstić information content (AvgIpc) is 2.45. The van der Waals surface area contributed by atoms with Crippen LogP contribution < -0.4 is 11.3 Å². The van der Waals surface area contributed by atoms with E-state index in [1.807, 2.05) is 0 Å². The van der Waals surface area contributed by atoms with Crippen LogP contribution in [0, 0.1) is 10.1 Å². The van der Waals surface area contributed by atoms with E-state index in [9.17, 15) is 14.9 Å². The molecule has 0 aromatic heterocycles. The van der Waals surface area contributed by atoms with E-state index < -0.39 is 10.8 Å². The molecule has 5 N–H and O–H groups in total. The van der Waals surface area contributed by atoms with Gasteiger partial charge in [-0.2, -0.15) is 0 Å². The number of aliphatic hydroxyl groups is 2. The Labute approximate surface area is 114 Å². The van der Waals surface area contributed by atoms with Crippen LogP contribution in [0.15, 0.2) is 18.2 Å². The summed E-state index contributed by atoms with van der Waals surface area (Å²) in [5.74, 6) is 4.64. The maximum Gasteiger partial charge on any atom is 0.294 e. The second-order valence-electron chi connectivity index (χ2n) is 3.87. The largest absolute Gasteiger partial charge is 0.395 e. The first-order valence-electron chi connectivity index (χ1n) is 5.81. The van der Waals surface area contributed by atoms with Crippen molar-refractivity contribution < 1.29 is 19.9 Å². The minimum absolute atomic E-state index is 0.0318. The second-order valence-corrected chi connectivity index (χ2v) is 3.87. The summed E-state index contributed by atoms with van der Waals surface area (Å²) in [6.45, 7) is -0.472. The van der Waals surface area contributed by atoms with E-state index in [0.29, 0.717) is 0 Å². The van der Waals surface area contributed by atoms with Crippen LogP contribution in [0.4, 0.5) is 11.4 Å². The molecule has 0 radical (unpaired) electrons. The predicted octanol–water partition coefficient (Wildman–Crippen LogP) is -0.693. The van der Waals surface area contributed by atoms with E-state index in [1.165, 1.54) is 17.0 Å². The highest BCUT2D eigenvalue weighted by Gasteiger charge is 2.20. The normalized spacial score (nSPS) is 10.2. The van der Waals surface area contributed by atoms with Crippen molar-refractivity contribution in [3.05, 3.63) is 33.9 Å². The molecule has 0 aliphatic heterocycles. The lowest BCUT2D eigenvalue weighted by molar-refractivity contribution is -0.384. The topological polar surface area (TPSA) is 142 Å². The molecular weight excluding hydrogens is 268 g/mol. The van der Waals surface area contributed by atoms with Crippen molar-refractivity contribution in [1.82, 2.24) is 4.90 Å². The van der Waals surface area contributed by atoms with Crippen LogP contribution in [0.25, 0.3) is 0 Å². The van der Waals surface area contributed by atoms with Crippen molar-refractivity contribution in [3.8, 4) is 0 Å². The Morgan fingerprint density at radius 1 is 1.35 bits per heavy atom. The molecule has 0 fully saturated rings. The fourth-order valence-electron chi connectivity index (χ4n) is 1.68. The van der Waals surface area contributed by atoms with Gasteiger partial charge in [-0.15, -0.1) is 0 Å². The number of amides is 1. The van der Waals surface area contributed by atoms with Gasteiger partial charge >= 0.3 is 0 Å². The summed E-state index contributed by atoms with van der Waals surface area (Å²) in [5, 5.41) is 28.6. The molecule has 0 aliphatic carbocycles. The van der Waals surface area contributed by atoms with Crippen LogP contribution in [0.3, 0.4) is 0 Å². The first kappa shape index (κ1) is 15.8. The number of anilines is 1. The number of aliphatic hydroxyl groups excluding tert-OH is 2. The molecule has 0 unspecified atom stereocenters.